The van der Waals surface area contributed by atoms with Crippen LogP contribution < -0.4 is 21.3 Å². The standard InChI is InChI=1S/C28H36ClF2N5O5/c1-15-11-17(24(38)32-15)12-22(23(37)26(40)33-19-4-5-19)34-25(39)20-13-18(29)3-6-21(20)35-27(41)36(2)14-16-7-9-28(30,31)10-8-16/h3,6,13,15-17,19,22H,4-5,7-12,14H2,1-2H3,(H,32,38)(H,33,40)(H,34,39)(H,35,41)/t15-,17+,22+/m1/s1. The van der Waals surface area contributed by atoms with Gasteiger partial charge in [0.25, 0.3) is 11.8 Å². The first kappa shape index (κ1) is 30.7. The summed E-state index contributed by atoms with van der Waals surface area (Å²) in [6.07, 6.45) is 2.11. The molecule has 0 spiro atoms. The Labute approximate surface area is 242 Å². The number of carbonyl (C=O) groups excluding carboxylic acids is 5. The predicted octanol–water partition coefficient (Wildman–Crippen LogP) is 3.49. The number of halogens is 3. The number of rotatable bonds is 10. The molecule has 41 heavy (non-hydrogen) atoms. The number of urea groups is 1. The Morgan fingerprint density at radius 2 is 1.83 bits per heavy atom. The van der Waals surface area contributed by atoms with E-state index in [1.54, 1.807) is 7.05 Å². The molecule has 2 saturated carbocycles. The Kier molecular flexibility index (Phi) is 9.51. The molecule has 0 unspecified atom stereocenters. The van der Waals surface area contributed by atoms with Gasteiger partial charge in [-0.05, 0) is 69.6 Å². The number of carbonyl (C=O) groups is 5. The van der Waals surface area contributed by atoms with Gasteiger partial charge >= 0.3 is 6.03 Å². The molecule has 1 saturated heterocycles. The van der Waals surface area contributed by atoms with Gasteiger partial charge in [-0.3, -0.25) is 19.2 Å². The highest BCUT2D eigenvalue weighted by molar-refractivity contribution is 6.38. The average molecular weight is 596 g/mol. The van der Waals surface area contributed by atoms with Gasteiger partial charge in [-0.2, -0.15) is 0 Å². The van der Waals surface area contributed by atoms with Gasteiger partial charge in [0, 0.05) is 49.5 Å². The fraction of sp³-hybridized carbons (Fsp3) is 0.607. The van der Waals surface area contributed by atoms with Gasteiger partial charge in [-0.15, -0.1) is 0 Å². The predicted molar refractivity (Wildman–Crippen MR) is 148 cm³/mol. The van der Waals surface area contributed by atoms with E-state index in [0.29, 0.717) is 19.3 Å². The third-order valence-corrected chi connectivity index (χ3v) is 8.09. The highest BCUT2D eigenvalue weighted by Gasteiger charge is 2.38. The van der Waals surface area contributed by atoms with Gasteiger partial charge in [-0.1, -0.05) is 11.6 Å². The number of anilines is 1. The molecule has 5 amide bonds. The first-order chi connectivity index (χ1) is 19.3. The zero-order valence-corrected chi connectivity index (χ0v) is 23.9. The molecule has 1 aromatic carbocycles. The fourth-order valence-electron chi connectivity index (χ4n) is 5.33. The number of alkyl halides is 2. The lowest BCUT2D eigenvalue weighted by atomic mass is 9.86. The molecule has 1 aliphatic heterocycles. The molecule has 0 aromatic heterocycles. The first-order valence-electron chi connectivity index (χ1n) is 14.0. The summed E-state index contributed by atoms with van der Waals surface area (Å²) in [5.74, 6) is -6.01. The SMILES string of the molecule is C[C@@H]1C[C@@H](C[C@H](NC(=O)c2cc(Cl)ccc2NC(=O)N(C)CC2CCC(F)(F)CC2)C(=O)C(=O)NC2CC2)C(=O)N1. The summed E-state index contributed by atoms with van der Waals surface area (Å²) in [5, 5.41) is 10.9. The second-order valence-corrected chi connectivity index (χ2v) is 12.0. The molecule has 2 aliphatic carbocycles. The van der Waals surface area contributed by atoms with Crippen molar-refractivity contribution in [3.05, 3.63) is 28.8 Å². The fourth-order valence-corrected chi connectivity index (χ4v) is 5.50. The lowest BCUT2D eigenvalue weighted by Crippen LogP contribution is -2.49. The minimum absolute atomic E-state index is 0.0406. The Morgan fingerprint density at radius 1 is 1.15 bits per heavy atom. The number of hydrogen-bond donors (Lipinski definition) is 4. The van der Waals surface area contributed by atoms with Gasteiger partial charge in [-0.25, -0.2) is 13.6 Å². The van der Waals surface area contributed by atoms with Crippen molar-refractivity contribution < 1.29 is 32.8 Å². The molecule has 10 nitrogen and oxygen atoms in total. The van der Waals surface area contributed by atoms with Crippen LogP contribution in [-0.4, -0.2) is 72.1 Å². The molecule has 4 N–H and O–H groups in total. The van der Waals surface area contributed by atoms with Crippen molar-refractivity contribution >= 4 is 46.8 Å². The van der Waals surface area contributed by atoms with E-state index in [1.807, 2.05) is 6.92 Å². The molecule has 1 heterocycles. The number of amides is 5. The van der Waals surface area contributed by atoms with Crippen LogP contribution in [0.25, 0.3) is 0 Å². The van der Waals surface area contributed by atoms with E-state index in [0.717, 1.165) is 12.8 Å². The number of nitrogens with zero attached hydrogens (tertiary/aromatic N) is 1. The minimum atomic E-state index is -2.67. The molecule has 0 radical (unpaired) electrons. The summed E-state index contributed by atoms with van der Waals surface area (Å²) in [6.45, 7) is 2.10. The van der Waals surface area contributed by atoms with Crippen LogP contribution in [-0.2, 0) is 14.4 Å². The maximum atomic E-state index is 13.5. The lowest BCUT2D eigenvalue weighted by Gasteiger charge is -2.31. The first-order valence-corrected chi connectivity index (χ1v) is 14.3. The topological polar surface area (TPSA) is 137 Å². The number of hydrogen-bond acceptors (Lipinski definition) is 5. The van der Waals surface area contributed by atoms with E-state index in [1.165, 1.54) is 23.1 Å². The Balaban J connectivity index is 1.46. The Bertz CT molecular complexity index is 1200. The van der Waals surface area contributed by atoms with E-state index in [4.69, 9.17) is 11.6 Å². The Morgan fingerprint density at radius 3 is 2.44 bits per heavy atom. The van der Waals surface area contributed by atoms with E-state index in [-0.39, 0.29) is 66.0 Å². The summed E-state index contributed by atoms with van der Waals surface area (Å²) < 4.78 is 27.0. The van der Waals surface area contributed by atoms with E-state index >= 15 is 0 Å². The molecular weight excluding hydrogens is 560 g/mol. The van der Waals surface area contributed by atoms with Crippen molar-refractivity contribution in [1.29, 1.82) is 0 Å². The molecule has 4 rings (SSSR count). The average Bonchev–Trinajstić information content (AvgIpc) is 3.67. The van der Waals surface area contributed by atoms with Crippen molar-refractivity contribution in [1.82, 2.24) is 20.9 Å². The second kappa shape index (κ2) is 12.7. The molecule has 3 atom stereocenters. The van der Waals surface area contributed by atoms with Crippen molar-refractivity contribution in [2.75, 3.05) is 18.9 Å². The molecule has 0 bridgehead atoms. The largest absolute Gasteiger partial charge is 0.353 e. The molecule has 13 heteroatoms. The second-order valence-electron chi connectivity index (χ2n) is 11.5. The van der Waals surface area contributed by atoms with Crippen LogP contribution in [0.3, 0.4) is 0 Å². The molecule has 3 aliphatic rings. The van der Waals surface area contributed by atoms with E-state index in [9.17, 15) is 32.8 Å². The monoisotopic (exact) mass is 595 g/mol. The van der Waals surface area contributed by atoms with Crippen molar-refractivity contribution in [3.63, 3.8) is 0 Å². The Hall–Kier alpha value is -3.28. The molecule has 3 fully saturated rings. The normalized spacial score (nSPS) is 22.8. The lowest BCUT2D eigenvalue weighted by molar-refractivity contribution is -0.139. The van der Waals surface area contributed by atoms with Crippen molar-refractivity contribution in [2.24, 2.45) is 11.8 Å². The minimum Gasteiger partial charge on any atom is -0.353 e. The van der Waals surface area contributed by atoms with Crippen LogP contribution in [0.2, 0.25) is 5.02 Å². The highest BCUT2D eigenvalue weighted by atomic mass is 35.5. The smallest absolute Gasteiger partial charge is 0.321 e. The molecular formula is C28H36ClF2N5O5. The zero-order chi connectivity index (χ0) is 29.9. The van der Waals surface area contributed by atoms with E-state index in [2.05, 4.69) is 21.3 Å². The summed E-state index contributed by atoms with van der Waals surface area (Å²) in [6, 6.07) is 2.24. The van der Waals surface area contributed by atoms with Gasteiger partial charge < -0.3 is 26.2 Å². The quantitative estimate of drug-likeness (QED) is 0.307. The summed E-state index contributed by atoms with van der Waals surface area (Å²) in [7, 11) is 1.54. The van der Waals surface area contributed by atoms with Crippen LogP contribution in [0.15, 0.2) is 18.2 Å². The molecule has 224 valence electrons. The summed E-state index contributed by atoms with van der Waals surface area (Å²) >= 11 is 6.15. The number of nitrogens with one attached hydrogen (secondary N) is 4. The van der Waals surface area contributed by atoms with Gasteiger partial charge in [0.2, 0.25) is 17.6 Å². The zero-order valence-electron chi connectivity index (χ0n) is 23.1. The van der Waals surface area contributed by atoms with Gasteiger partial charge in [0.1, 0.15) is 0 Å². The van der Waals surface area contributed by atoms with Crippen molar-refractivity contribution in [3.8, 4) is 0 Å². The summed E-state index contributed by atoms with van der Waals surface area (Å²) in [4.78, 5) is 65.8. The van der Waals surface area contributed by atoms with Crippen LogP contribution in [0.1, 0.15) is 68.6 Å². The number of benzene rings is 1. The third-order valence-electron chi connectivity index (χ3n) is 7.86. The van der Waals surface area contributed by atoms with Crippen molar-refractivity contribution in [2.45, 2.75) is 82.3 Å². The van der Waals surface area contributed by atoms with Crippen LogP contribution in [0.5, 0.6) is 0 Å². The third kappa shape index (κ3) is 8.37. The molecule has 1 aromatic rings. The van der Waals surface area contributed by atoms with Gasteiger partial charge in [0.05, 0.1) is 17.3 Å². The number of Topliss-reactive ketones (excluding diaryl/α,β-unsaturated/α-hetero) is 1. The van der Waals surface area contributed by atoms with E-state index < -0.39 is 41.5 Å². The van der Waals surface area contributed by atoms with Crippen LogP contribution in [0.4, 0.5) is 19.3 Å². The highest BCUT2D eigenvalue weighted by Crippen LogP contribution is 2.36. The van der Waals surface area contributed by atoms with Crippen LogP contribution in [0, 0.1) is 11.8 Å². The maximum absolute atomic E-state index is 13.5. The van der Waals surface area contributed by atoms with Gasteiger partial charge in [0.15, 0.2) is 0 Å². The summed E-state index contributed by atoms with van der Waals surface area (Å²) in [5.41, 5.74) is 0.0704. The number of ketones is 1. The maximum Gasteiger partial charge on any atom is 0.321 e. The van der Waals surface area contributed by atoms with Crippen LogP contribution >= 0.6 is 11.6 Å².